The molecule has 5 rings (SSSR count). The number of pyridine rings is 1. The Bertz CT molecular complexity index is 1680. The maximum absolute atomic E-state index is 13.2. The zero-order valence-corrected chi connectivity index (χ0v) is 23.9. The summed E-state index contributed by atoms with van der Waals surface area (Å²) in [5, 5.41) is 7.96. The van der Waals surface area contributed by atoms with E-state index in [2.05, 4.69) is 72.1 Å². The van der Waals surface area contributed by atoms with Gasteiger partial charge in [0.25, 0.3) is 0 Å². The number of hydrogen-bond donors (Lipinski definition) is 2. The van der Waals surface area contributed by atoms with Gasteiger partial charge in [-0.2, -0.15) is 0 Å². The van der Waals surface area contributed by atoms with Crippen LogP contribution in [0.5, 0.6) is 5.75 Å². The van der Waals surface area contributed by atoms with Gasteiger partial charge in [-0.25, -0.2) is 14.8 Å². The Hall–Kier alpha value is -4.43. The van der Waals surface area contributed by atoms with Crippen LogP contribution in [0.25, 0.3) is 33.1 Å². The van der Waals surface area contributed by atoms with Crippen LogP contribution in [0.15, 0.2) is 73.2 Å². The maximum atomic E-state index is 13.2. The molecule has 40 heavy (non-hydrogen) atoms. The molecular weight excluding hydrogens is 500 g/mol. The first kappa shape index (κ1) is 27.1. The summed E-state index contributed by atoms with van der Waals surface area (Å²) in [4.78, 5) is 24.6. The summed E-state index contributed by atoms with van der Waals surface area (Å²) in [5.74, 6) is 0.607. The van der Waals surface area contributed by atoms with Gasteiger partial charge in [-0.1, -0.05) is 57.2 Å². The number of urea groups is 1. The quantitative estimate of drug-likeness (QED) is 0.240. The van der Waals surface area contributed by atoms with E-state index in [0.29, 0.717) is 17.1 Å². The molecule has 8 heteroatoms. The van der Waals surface area contributed by atoms with Crippen molar-refractivity contribution in [3.05, 3.63) is 78.8 Å². The van der Waals surface area contributed by atoms with Gasteiger partial charge in [0, 0.05) is 30.2 Å². The summed E-state index contributed by atoms with van der Waals surface area (Å²) in [6, 6.07) is 19.6. The van der Waals surface area contributed by atoms with Gasteiger partial charge in [-0.05, 0) is 60.3 Å². The van der Waals surface area contributed by atoms with E-state index in [9.17, 15) is 4.79 Å². The number of benzene rings is 3. The third-order valence-corrected chi connectivity index (χ3v) is 7.04. The van der Waals surface area contributed by atoms with Gasteiger partial charge in [-0.3, -0.25) is 0 Å². The molecule has 0 aliphatic rings. The van der Waals surface area contributed by atoms with Crippen molar-refractivity contribution < 1.29 is 9.53 Å². The van der Waals surface area contributed by atoms with Gasteiger partial charge in [-0.15, -0.1) is 0 Å². The predicted molar refractivity (Wildman–Crippen MR) is 163 cm³/mol. The average Bonchev–Trinajstić information content (AvgIpc) is 3.33. The van der Waals surface area contributed by atoms with Gasteiger partial charge in [0.2, 0.25) is 0 Å². The lowest BCUT2D eigenvalue weighted by molar-refractivity contribution is 0.262. The number of ether oxygens (including phenoxy) is 1. The molecule has 0 atom stereocenters. The van der Waals surface area contributed by atoms with Gasteiger partial charge in [0.1, 0.15) is 11.3 Å². The van der Waals surface area contributed by atoms with E-state index in [1.165, 1.54) is 0 Å². The summed E-state index contributed by atoms with van der Waals surface area (Å²) in [7, 11) is 5.71. The third kappa shape index (κ3) is 5.62. The van der Waals surface area contributed by atoms with Crippen molar-refractivity contribution >= 4 is 39.3 Å². The van der Waals surface area contributed by atoms with Crippen LogP contribution in [0.1, 0.15) is 26.3 Å². The molecule has 2 amide bonds. The number of rotatable bonds is 7. The molecule has 0 spiro atoms. The standard InChI is InChI=1S/C32H36N6O2/c1-32(2,3)22-11-14-29(40-6)27(18-22)36-31(39)35-26-13-12-23(24-9-7-8-10-25(24)26)21-17-28-30(33-19-21)38(20-34-28)16-15-37(4)5/h7-14,17-20H,15-16H2,1-6H3,(H2,35,36,39). The van der Waals surface area contributed by atoms with Crippen molar-refractivity contribution in [3.8, 4) is 16.9 Å². The van der Waals surface area contributed by atoms with E-state index < -0.39 is 0 Å². The first-order chi connectivity index (χ1) is 19.1. The van der Waals surface area contributed by atoms with E-state index in [1.54, 1.807) is 7.11 Å². The fourth-order valence-electron chi connectivity index (χ4n) is 4.78. The number of carbonyl (C=O) groups is 1. The zero-order valence-electron chi connectivity index (χ0n) is 23.9. The van der Waals surface area contributed by atoms with Crippen LogP contribution in [-0.4, -0.2) is 53.2 Å². The molecular formula is C32H36N6O2. The van der Waals surface area contributed by atoms with Crippen molar-refractivity contribution in [2.24, 2.45) is 0 Å². The number of hydrogen-bond acceptors (Lipinski definition) is 5. The highest BCUT2D eigenvalue weighted by molar-refractivity contribution is 6.10. The molecule has 2 aromatic heterocycles. The molecule has 8 nitrogen and oxygen atoms in total. The molecule has 0 aliphatic carbocycles. The van der Waals surface area contributed by atoms with Gasteiger partial charge >= 0.3 is 6.03 Å². The normalized spacial score (nSPS) is 11.8. The Balaban J connectivity index is 1.43. The number of fused-ring (bicyclic) bond motifs is 2. The summed E-state index contributed by atoms with van der Waals surface area (Å²) in [6.07, 6.45) is 3.74. The first-order valence-electron chi connectivity index (χ1n) is 13.4. The van der Waals surface area contributed by atoms with E-state index in [1.807, 2.05) is 61.1 Å². The average molecular weight is 537 g/mol. The lowest BCUT2D eigenvalue weighted by atomic mass is 9.87. The molecule has 0 radical (unpaired) electrons. The fraction of sp³-hybridized carbons (Fsp3) is 0.281. The van der Waals surface area contributed by atoms with E-state index in [4.69, 9.17) is 9.72 Å². The second-order valence-corrected chi connectivity index (χ2v) is 11.3. The number of carbonyl (C=O) groups excluding carboxylic acids is 1. The summed E-state index contributed by atoms with van der Waals surface area (Å²) < 4.78 is 7.58. The molecule has 3 aromatic carbocycles. The topological polar surface area (TPSA) is 84.3 Å². The van der Waals surface area contributed by atoms with Crippen LogP contribution in [0.2, 0.25) is 0 Å². The van der Waals surface area contributed by atoms with E-state index >= 15 is 0 Å². The summed E-state index contributed by atoms with van der Waals surface area (Å²) in [5.41, 5.74) is 6.10. The summed E-state index contributed by atoms with van der Waals surface area (Å²) >= 11 is 0. The number of anilines is 2. The number of nitrogens with one attached hydrogen (secondary N) is 2. The Morgan fingerprint density at radius 3 is 2.42 bits per heavy atom. The van der Waals surface area contributed by atoms with Crippen molar-refractivity contribution in [1.29, 1.82) is 0 Å². The summed E-state index contributed by atoms with van der Waals surface area (Å²) in [6.45, 7) is 8.15. The largest absolute Gasteiger partial charge is 0.495 e. The molecule has 0 unspecified atom stereocenters. The molecule has 2 N–H and O–H groups in total. The number of aromatic nitrogens is 3. The lowest BCUT2D eigenvalue weighted by Gasteiger charge is -2.21. The minimum atomic E-state index is -0.339. The highest BCUT2D eigenvalue weighted by atomic mass is 16.5. The molecule has 0 bridgehead atoms. The number of amides is 2. The fourth-order valence-corrected chi connectivity index (χ4v) is 4.78. The van der Waals surface area contributed by atoms with Crippen LogP contribution >= 0.6 is 0 Å². The number of likely N-dealkylation sites (N-methyl/N-ethyl adjacent to an activating group) is 1. The van der Waals surface area contributed by atoms with Crippen LogP contribution in [0.3, 0.4) is 0 Å². The molecule has 5 aromatic rings. The SMILES string of the molecule is COc1ccc(C(C)(C)C)cc1NC(=O)Nc1ccc(-c2cnc3c(c2)ncn3CCN(C)C)c2ccccc12. The van der Waals surface area contributed by atoms with Crippen LogP contribution in [-0.2, 0) is 12.0 Å². The molecule has 0 fully saturated rings. The van der Waals surface area contributed by atoms with Crippen LogP contribution < -0.4 is 15.4 Å². The first-order valence-corrected chi connectivity index (χ1v) is 13.4. The Morgan fingerprint density at radius 2 is 1.70 bits per heavy atom. The molecule has 206 valence electrons. The Kier molecular flexibility index (Phi) is 7.45. The molecule has 0 saturated heterocycles. The van der Waals surface area contributed by atoms with Crippen molar-refractivity contribution in [2.75, 3.05) is 38.4 Å². The number of nitrogens with zero attached hydrogens (tertiary/aromatic N) is 4. The lowest BCUT2D eigenvalue weighted by Crippen LogP contribution is -2.21. The highest BCUT2D eigenvalue weighted by Gasteiger charge is 2.18. The zero-order chi connectivity index (χ0) is 28.4. The van der Waals surface area contributed by atoms with Crippen LogP contribution in [0, 0.1) is 0 Å². The number of imidazole rings is 1. The monoisotopic (exact) mass is 536 g/mol. The smallest absolute Gasteiger partial charge is 0.323 e. The van der Waals surface area contributed by atoms with Crippen LogP contribution in [0.4, 0.5) is 16.2 Å². The van der Waals surface area contributed by atoms with Crippen molar-refractivity contribution in [2.45, 2.75) is 32.7 Å². The molecule has 0 saturated carbocycles. The Morgan fingerprint density at radius 1 is 0.950 bits per heavy atom. The van der Waals surface area contributed by atoms with Crippen molar-refractivity contribution in [3.63, 3.8) is 0 Å². The minimum Gasteiger partial charge on any atom is -0.495 e. The predicted octanol–water partition coefficient (Wildman–Crippen LogP) is 6.76. The highest BCUT2D eigenvalue weighted by Crippen LogP contribution is 2.35. The van der Waals surface area contributed by atoms with Crippen molar-refractivity contribution in [1.82, 2.24) is 19.4 Å². The van der Waals surface area contributed by atoms with E-state index in [-0.39, 0.29) is 11.4 Å². The maximum Gasteiger partial charge on any atom is 0.323 e. The second-order valence-electron chi connectivity index (χ2n) is 11.3. The molecule has 0 aliphatic heterocycles. The molecule has 2 heterocycles. The Labute approximate surface area is 235 Å². The number of methoxy groups -OCH3 is 1. The third-order valence-electron chi connectivity index (χ3n) is 7.04. The minimum absolute atomic E-state index is 0.0621. The van der Waals surface area contributed by atoms with Gasteiger partial charge in [0.15, 0.2) is 5.65 Å². The van der Waals surface area contributed by atoms with Gasteiger partial charge < -0.3 is 24.8 Å². The van der Waals surface area contributed by atoms with E-state index in [0.717, 1.165) is 51.7 Å². The van der Waals surface area contributed by atoms with Gasteiger partial charge in [0.05, 0.1) is 24.8 Å². The second kappa shape index (κ2) is 11.0.